The van der Waals surface area contributed by atoms with Crippen molar-refractivity contribution in [1.82, 2.24) is 10.6 Å². The zero-order valence-electron chi connectivity index (χ0n) is 10.4. The predicted molar refractivity (Wildman–Crippen MR) is 76.8 cm³/mol. The number of thioether (sulfide) groups is 2. The van der Waals surface area contributed by atoms with Gasteiger partial charge in [0, 0.05) is 29.3 Å². The maximum atomic E-state index is 12.1. The van der Waals surface area contributed by atoms with E-state index in [-0.39, 0.29) is 11.9 Å². The van der Waals surface area contributed by atoms with Crippen LogP contribution in [0.5, 0.6) is 0 Å². The number of hydrogen-bond acceptors (Lipinski definition) is 4. The van der Waals surface area contributed by atoms with Gasteiger partial charge in [0.25, 0.3) is 0 Å². The van der Waals surface area contributed by atoms with E-state index >= 15 is 0 Å². The van der Waals surface area contributed by atoms with Gasteiger partial charge in [-0.1, -0.05) is 6.42 Å². The maximum Gasteiger partial charge on any atom is 0.238 e. The van der Waals surface area contributed by atoms with Gasteiger partial charge in [-0.2, -0.15) is 23.5 Å². The number of rotatable bonds is 3. The highest BCUT2D eigenvalue weighted by Gasteiger charge is 2.26. The average Bonchev–Trinajstić information content (AvgIpc) is 2.40. The summed E-state index contributed by atoms with van der Waals surface area (Å²) in [5.41, 5.74) is 0. The predicted octanol–water partition coefficient (Wildman–Crippen LogP) is 1.48. The number of carbonyl (C=O) groups is 1. The fraction of sp³-hybridized carbons (Fsp3) is 0.917. The number of nitrogens with one attached hydrogen (secondary N) is 2. The first-order valence-corrected chi connectivity index (χ1v) is 8.88. The summed E-state index contributed by atoms with van der Waals surface area (Å²) >= 11 is 3.81. The second-order valence-electron chi connectivity index (χ2n) is 4.81. The molecule has 0 aromatic heterocycles. The smallest absolute Gasteiger partial charge is 0.238 e. The first-order chi connectivity index (χ1) is 8.29. The minimum absolute atomic E-state index is 0.0309. The van der Waals surface area contributed by atoms with Gasteiger partial charge in [-0.05, 0) is 25.5 Å². The van der Waals surface area contributed by atoms with Crippen LogP contribution >= 0.6 is 23.5 Å². The quantitative estimate of drug-likeness (QED) is 0.818. The molecule has 0 bridgehead atoms. The summed E-state index contributed by atoms with van der Waals surface area (Å²) in [6.07, 6.45) is 7.04. The van der Waals surface area contributed by atoms with Gasteiger partial charge < -0.3 is 10.6 Å². The van der Waals surface area contributed by atoms with Crippen molar-refractivity contribution in [2.45, 2.75) is 43.0 Å². The zero-order chi connectivity index (χ0) is 12.1. The molecule has 2 aliphatic rings. The summed E-state index contributed by atoms with van der Waals surface area (Å²) < 4.78 is 0. The first-order valence-electron chi connectivity index (χ1n) is 6.44. The van der Waals surface area contributed by atoms with Crippen molar-refractivity contribution < 1.29 is 4.79 Å². The SMILES string of the molecule is CSC1CCCC(NC(=O)C2CSCCN2)C1. The molecule has 98 valence electrons. The molecule has 1 heterocycles. The van der Waals surface area contributed by atoms with Crippen LogP contribution < -0.4 is 10.6 Å². The van der Waals surface area contributed by atoms with E-state index < -0.39 is 0 Å². The fourth-order valence-electron chi connectivity index (χ4n) is 2.53. The lowest BCUT2D eigenvalue weighted by Gasteiger charge is -2.31. The van der Waals surface area contributed by atoms with Gasteiger partial charge in [-0.3, -0.25) is 4.79 Å². The molecule has 1 saturated carbocycles. The lowest BCUT2D eigenvalue weighted by atomic mass is 9.94. The normalized spacial score (nSPS) is 34.3. The molecule has 0 aromatic rings. The third-order valence-corrected chi connectivity index (χ3v) is 5.70. The largest absolute Gasteiger partial charge is 0.352 e. The van der Waals surface area contributed by atoms with Crippen molar-refractivity contribution in [3.63, 3.8) is 0 Å². The second-order valence-corrected chi connectivity index (χ2v) is 7.10. The minimum Gasteiger partial charge on any atom is -0.352 e. The Bertz CT molecular complexity index is 257. The van der Waals surface area contributed by atoms with Crippen molar-refractivity contribution in [2.75, 3.05) is 24.3 Å². The van der Waals surface area contributed by atoms with Crippen molar-refractivity contribution in [3.05, 3.63) is 0 Å². The molecule has 1 aliphatic carbocycles. The monoisotopic (exact) mass is 274 g/mol. The molecule has 1 saturated heterocycles. The van der Waals surface area contributed by atoms with Crippen LogP contribution in [0.25, 0.3) is 0 Å². The third-order valence-electron chi connectivity index (χ3n) is 3.54. The summed E-state index contributed by atoms with van der Waals surface area (Å²) in [6.45, 7) is 0.959. The average molecular weight is 274 g/mol. The van der Waals surface area contributed by atoms with E-state index in [0.717, 1.165) is 36.1 Å². The molecular formula is C12H22N2OS2. The minimum atomic E-state index is 0.0309. The van der Waals surface area contributed by atoms with Crippen LogP contribution in [0.4, 0.5) is 0 Å². The van der Waals surface area contributed by atoms with Gasteiger partial charge in [-0.25, -0.2) is 0 Å². The molecule has 2 fully saturated rings. The van der Waals surface area contributed by atoms with E-state index in [1.54, 1.807) is 0 Å². The molecule has 0 aromatic carbocycles. The first kappa shape index (κ1) is 13.6. The summed E-state index contributed by atoms with van der Waals surface area (Å²) in [7, 11) is 0. The Morgan fingerprint density at radius 1 is 1.47 bits per heavy atom. The standard InChI is InChI=1S/C12H22N2OS2/c1-16-10-4-2-3-9(7-10)14-12(15)11-8-17-6-5-13-11/h9-11,13H,2-8H2,1H3,(H,14,15). The van der Waals surface area contributed by atoms with E-state index in [1.165, 1.54) is 12.8 Å². The molecule has 2 rings (SSSR count). The summed E-state index contributed by atoms with van der Waals surface area (Å²) in [5.74, 6) is 2.26. The number of carbonyl (C=O) groups excluding carboxylic acids is 1. The Hall–Kier alpha value is 0.130. The lowest BCUT2D eigenvalue weighted by molar-refractivity contribution is -0.123. The van der Waals surface area contributed by atoms with Gasteiger partial charge >= 0.3 is 0 Å². The Labute approximate surface area is 112 Å². The van der Waals surface area contributed by atoms with E-state index in [4.69, 9.17) is 0 Å². The fourth-order valence-corrected chi connectivity index (χ4v) is 4.29. The molecule has 0 spiro atoms. The summed E-state index contributed by atoms with van der Waals surface area (Å²) in [5, 5.41) is 7.26. The van der Waals surface area contributed by atoms with Gasteiger partial charge in [0.15, 0.2) is 0 Å². The molecule has 5 heteroatoms. The second kappa shape index (κ2) is 6.90. The zero-order valence-corrected chi connectivity index (χ0v) is 12.0. The summed E-state index contributed by atoms with van der Waals surface area (Å²) in [4.78, 5) is 12.1. The third kappa shape index (κ3) is 4.07. The Morgan fingerprint density at radius 3 is 3.06 bits per heavy atom. The van der Waals surface area contributed by atoms with Crippen LogP contribution in [0.15, 0.2) is 0 Å². The van der Waals surface area contributed by atoms with Crippen molar-refractivity contribution in [3.8, 4) is 0 Å². The van der Waals surface area contributed by atoms with Crippen LogP contribution in [-0.4, -0.2) is 47.5 Å². The Kier molecular flexibility index (Phi) is 5.50. The number of amides is 1. The highest BCUT2D eigenvalue weighted by atomic mass is 32.2. The Morgan fingerprint density at radius 2 is 2.35 bits per heavy atom. The molecule has 17 heavy (non-hydrogen) atoms. The molecule has 2 N–H and O–H groups in total. The van der Waals surface area contributed by atoms with Crippen molar-refractivity contribution in [2.24, 2.45) is 0 Å². The molecule has 1 amide bonds. The highest BCUT2D eigenvalue weighted by Crippen LogP contribution is 2.27. The van der Waals surface area contributed by atoms with Crippen LogP contribution in [0.2, 0.25) is 0 Å². The van der Waals surface area contributed by atoms with Gasteiger partial charge in [0.05, 0.1) is 6.04 Å². The van der Waals surface area contributed by atoms with Crippen LogP contribution in [0.3, 0.4) is 0 Å². The van der Waals surface area contributed by atoms with Crippen molar-refractivity contribution in [1.29, 1.82) is 0 Å². The van der Waals surface area contributed by atoms with Crippen LogP contribution in [0, 0.1) is 0 Å². The van der Waals surface area contributed by atoms with E-state index in [9.17, 15) is 4.79 Å². The molecular weight excluding hydrogens is 252 g/mol. The van der Waals surface area contributed by atoms with Gasteiger partial charge in [-0.15, -0.1) is 0 Å². The molecule has 1 aliphatic heterocycles. The number of hydrogen-bond donors (Lipinski definition) is 2. The maximum absolute atomic E-state index is 12.1. The molecule has 3 atom stereocenters. The van der Waals surface area contributed by atoms with Crippen molar-refractivity contribution >= 4 is 29.4 Å². The van der Waals surface area contributed by atoms with E-state index in [0.29, 0.717) is 6.04 Å². The van der Waals surface area contributed by atoms with Gasteiger partial charge in [0.2, 0.25) is 5.91 Å². The molecule has 3 nitrogen and oxygen atoms in total. The van der Waals surface area contributed by atoms with Gasteiger partial charge in [0.1, 0.15) is 0 Å². The van der Waals surface area contributed by atoms with Crippen LogP contribution in [0.1, 0.15) is 25.7 Å². The summed E-state index contributed by atoms with van der Waals surface area (Å²) in [6, 6.07) is 0.436. The molecule has 3 unspecified atom stereocenters. The topological polar surface area (TPSA) is 41.1 Å². The van der Waals surface area contributed by atoms with E-state index in [2.05, 4.69) is 16.9 Å². The molecule has 0 radical (unpaired) electrons. The van der Waals surface area contributed by atoms with Crippen LogP contribution in [-0.2, 0) is 4.79 Å². The van der Waals surface area contributed by atoms with E-state index in [1.807, 2.05) is 23.5 Å². The highest BCUT2D eigenvalue weighted by molar-refractivity contribution is 7.99. The Balaban J connectivity index is 1.77. The lowest BCUT2D eigenvalue weighted by Crippen LogP contribution is -2.52.